The molecule has 1 heterocycles. The summed E-state index contributed by atoms with van der Waals surface area (Å²) in [7, 11) is 1.59. The monoisotopic (exact) mass is 423 g/mol. The summed E-state index contributed by atoms with van der Waals surface area (Å²) in [5.74, 6) is 0.145. The number of halogens is 2. The summed E-state index contributed by atoms with van der Waals surface area (Å²) in [6.45, 7) is 2.70. The third-order valence-corrected chi connectivity index (χ3v) is 5.84. The predicted molar refractivity (Wildman–Crippen MR) is 114 cm³/mol. The summed E-state index contributed by atoms with van der Waals surface area (Å²) < 4.78 is 32.1. The van der Waals surface area contributed by atoms with Crippen molar-refractivity contribution in [1.82, 2.24) is 4.90 Å². The van der Waals surface area contributed by atoms with Crippen LogP contribution in [0.3, 0.4) is 0 Å². The molecule has 3 aromatic carbocycles. The summed E-state index contributed by atoms with van der Waals surface area (Å²) in [5, 5.41) is 0. The summed E-state index contributed by atoms with van der Waals surface area (Å²) in [5.41, 5.74) is 2.58. The van der Waals surface area contributed by atoms with Crippen molar-refractivity contribution in [2.45, 2.75) is 6.04 Å². The third-order valence-electron chi connectivity index (χ3n) is 5.84. The molecular formula is C25H25F2N2O2+. The highest BCUT2D eigenvalue weighted by Crippen LogP contribution is 2.21. The maximum Gasteiger partial charge on any atom is 0.254 e. The molecular weight excluding hydrogens is 398 g/mol. The second-order valence-electron chi connectivity index (χ2n) is 7.72. The molecule has 4 rings (SSSR count). The smallest absolute Gasteiger partial charge is 0.254 e. The van der Waals surface area contributed by atoms with Gasteiger partial charge in [-0.1, -0.05) is 0 Å². The van der Waals surface area contributed by atoms with Gasteiger partial charge in [0.2, 0.25) is 0 Å². The van der Waals surface area contributed by atoms with E-state index in [0.29, 0.717) is 24.4 Å². The van der Waals surface area contributed by atoms with Crippen LogP contribution < -0.4 is 9.64 Å². The van der Waals surface area contributed by atoms with Crippen molar-refractivity contribution in [3.63, 3.8) is 0 Å². The highest BCUT2D eigenvalue weighted by Gasteiger charge is 2.32. The van der Waals surface area contributed by atoms with Gasteiger partial charge in [-0.05, 0) is 72.8 Å². The van der Waals surface area contributed by atoms with Gasteiger partial charge < -0.3 is 14.5 Å². The summed E-state index contributed by atoms with van der Waals surface area (Å²) in [6.07, 6.45) is 0. The molecule has 1 fully saturated rings. The number of ether oxygens (including phenoxy) is 1. The number of carbonyl (C=O) groups excluding carboxylic acids is 1. The fraction of sp³-hybridized carbons (Fsp3) is 0.240. The van der Waals surface area contributed by atoms with Gasteiger partial charge in [0.25, 0.3) is 5.91 Å². The fourth-order valence-electron chi connectivity index (χ4n) is 4.18. The Morgan fingerprint density at radius 3 is 1.77 bits per heavy atom. The number of nitrogens with zero attached hydrogens (tertiary/aromatic N) is 1. The van der Waals surface area contributed by atoms with Crippen LogP contribution in [0.25, 0.3) is 0 Å². The quantitative estimate of drug-likeness (QED) is 0.684. The van der Waals surface area contributed by atoms with Crippen molar-refractivity contribution in [3.05, 3.63) is 101 Å². The van der Waals surface area contributed by atoms with E-state index in [1.54, 1.807) is 55.6 Å². The maximum atomic E-state index is 13.5. The molecule has 0 atom stereocenters. The molecule has 4 nitrogen and oxygen atoms in total. The van der Waals surface area contributed by atoms with Crippen molar-refractivity contribution in [2.75, 3.05) is 33.3 Å². The van der Waals surface area contributed by atoms with Crippen LogP contribution in [-0.2, 0) is 0 Å². The molecule has 0 saturated carbocycles. The molecule has 1 N–H and O–H groups in total. The number of hydrogen-bond acceptors (Lipinski definition) is 2. The number of methoxy groups -OCH3 is 1. The Morgan fingerprint density at radius 2 is 1.32 bits per heavy atom. The Labute approximate surface area is 180 Å². The molecule has 31 heavy (non-hydrogen) atoms. The van der Waals surface area contributed by atoms with Gasteiger partial charge in [0.1, 0.15) is 23.4 Å². The van der Waals surface area contributed by atoms with E-state index >= 15 is 0 Å². The van der Waals surface area contributed by atoms with Gasteiger partial charge in [-0.25, -0.2) is 8.78 Å². The molecule has 3 aromatic rings. The molecule has 6 heteroatoms. The van der Waals surface area contributed by atoms with Gasteiger partial charge in [0, 0.05) is 16.7 Å². The van der Waals surface area contributed by atoms with Crippen LogP contribution in [0.15, 0.2) is 72.8 Å². The molecule has 0 spiro atoms. The number of amides is 1. The van der Waals surface area contributed by atoms with E-state index in [1.165, 1.54) is 29.2 Å². The molecule has 0 aliphatic carbocycles. The molecule has 1 saturated heterocycles. The molecule has 1 amide bonds. The van der Waals surface area contributed by atoms with Crippen LogP contribution in [0, 0.1) is 11.6 Å². The minimum absolute atomic E-state index is 0.00168. The highest BCUT2D eigenvalue weighted by atomic mass is 19.1. The highest BCUT2D eigenvalue weighted by molar-refractivity contribution is 5.94. The average molecular weight is 423 g/mol. The van der Waals surface area contributed by atoms with E-state index in [0.717, 1.165) is 24.2 Å². The van der Waals surface area contributed by atoms with Crippen LogP contribution in [0.4, 0.5) is 8.78 Å². The lowest BCUT2D eigenvalue weighted by Gasteiger charge is -2.37. The largest absolute Gasteiger partial charge is 0.497 e. The SMILES string of the molecule is COc1ccc(C(=O)N2CC[NH+](C(c3ccc(F)cc3)c3ccc(F)cc3)CC2)cc1. The van der Waals surface area contributed by atoms with Gasteiger partial charge in [-0.15, -0.1) is 0 Å². The topological polar surface area (TPSA) is 34.0 Å². The molecule has 0 aromatic heterocycles. The van der Waals surface area contributed by atoms with Crippen LogP contribution in [0.1, 0.15) is 27.5 Å². The molecule has 1 aliphatic heterocycles. The predicted octanol–water partition coefficient (Wildman–Crippen LogP) is 3.10. The number of hydrogen-bond donors (Lipinski definition) is 1. The lowest BCUT2D eigenvalue weighted by molar-refractivity contribution is -0.929. The van der Waals surface area contributed by atoms with Crippen molar-refractivity contribution in [3.8, 4) is 5.75 Å². The van der Waals surface area contributed by atoms with Crippen molar-refractivity contribution in [1.29, 1.82) is 0 Å². The number of piperazine rings is 1. The molecule has 1 aliphatic rings. The van der Waals surface area contributed by atoms with E-state index in [2.05, 4.69) is 0 Å². The summed E-state index contributed by atoms with van der Waals surface area (Å²) in [4.78, 5) is 16.0. The van der Waals surface area contributed by atoms with E-state index in [1.807, 2.05) is 4.90 Å². The third kappa shape index (κ3) is 4.75. The van der Waals surface area contributed by atoms with Gasteiger partial charge in [0.05, 0.1) is 33.3 Å². The first kappa shape index (κ1) is 21.0. The number of carbonyl (C=O) groups is 1. The Morgan fingerprint density at radius 1 is 0.839 bits per heavy atom. The van der Waals surface area contributed by atoms with Gasteiger partial charge in [0.15, 0.2) is 0 Å². The van der Waals surface area contributed by atoms with Crippen molar-refractivity contribution in [2.24, 2.45) is 0 Å². The van der Waals surface area contributed by atoms with Gasteiger partial charge in [-0.2, -0.15) is 0 Å². The van der Waals surface area contributed by atoms with Gasteiger partial charge >= 0.3 is 0 Å². The molecule has 160 valence electrons. The van der Waals surface area contributed by atoms with E-state index < -0.39 is 0 Å². The molecule has 0 unspecified atom stereocenters. The number of nitrogens with one attached hydrogen (secondary N) is 1. The van der Waals surface area contributed by atoms with Crippen LogP contribution in [0.5, 0.6) is 5.75 Å². The summed E-state index contributed by atoms with van der Waals surface area (Å²) in [6, 6.07) is 20.0. The lowest BCUT2D eigenvalue weighted by Crippen LogP contribution is -3.15. The molecule has 0 radical (unpaired) electrons. The lowest BCUT2D eigenvalue weighted by atomic mass is 9.96. The van der Waals surface area contributed by atoms with Crippen LogP contribution in [0.2, 0.25) is 0 Å². The van der Waals surface area contributed by atoms with Crippen molar-refractivity contribution >= 4 is 5.91 Å². The first-order valence-corrected chi connectivity index (χ1v) is 10.3. The van der Waals surface area contributed by atoms with E-state index in [-0.39, 0.29) is 23.6 Å². The van der Waals surface area contributed by atoms with E-state index in [9.17, 15) is 13.6 Å². The Balaban J connectivity index is 1.51. The first-order chi connectivity index (χ1) is 15.0. The zero-order valence-electron chi connectivity index (χ0n) is 17.4. The number of quaternary nitrogens is 1. The minimum Gasteiger partial charge on any atom is -0.497 e. The van der Waals surface area contributed by atoms with Gasteiger partial charge in [-0.3, -0.25) is 4.79 Å². The first-order valence-electron chi connectivity index (χ1n) is 10.3. The van der Waals surface area contributed by atoms with Crippen LogP contribution >= 0.6 is 0 Å². The summed E-state index contributed by atoms with van der Waals surface area (Å²) >= 11 is 0. The standard InChI is InChI=1S/C25H24F2N2O2/c1-31-23-12-6-20(7-13-23)25(30)29-16-14-28(15-17-29)24(18-2-8-21(26)9-3-18)19-4-10-22(27)11-5-19/h2-13,24H,14-17H2,1H3/p+1. The average Bonchev–Trinajstić information content (AvgIpc) is 2.82. The second kappa shape index (κ2) is 9.27. The minimum atomic E-state index is -0.286. The number of benzene rings is 3. The fourth-order valence-corrected chi connectivity index (χ4v) is 4.18. The second-order valence-corrected chi connectivity index (χ2v) is 7.72. The van der Waals surface area contributed by atoms with E-state index in [4.69, 9.17) is 4.74 Å². The Bertz CT molecular complexity index is 967. The number of rotatable bonds is 5. The zero-order valence-corrected chi connectivity index (χ0v) is 17.4. The maximum absolute atomic E-state index is 13.5. The van der Waals surface area contributed by atoms with Crippen LogP contribution in [-0.4, -0.2) is 44.1 Å². The van der Waals surface area contributed by atoms with Crippen molar-refractivity contribution < 1.29 is 23.2 Å². The zero-order chi connectivity index (χ0) is 21.8. The normalized spacial score (nSPS) is 14.6. The Kier molecular flexibility index (Phi) is 6.28. The Hall–Kier alpha value is -3.25. The molecule has 0 bridgehead atoms.